The molecule has 0 spiro atoms. The summed E-state index contributed by atoms with van der Waals surface area (Å²) in [6, 6.07) is 22.3. The molecule has 1 aromatic heterocycles. The minimum Gasteiger partial charge on any atom is -0.455 e. The maximum atomic E-state index is 12.9. The molecular weight excluding hydrogens is 531 g/mol. The molecule has 9 nitrogen and oxygen atoms in total. The van der Waals surface area contributed by atoms with Crippen molar-refractivity contribution in [3.05, 3.63) is 128 Å². The number of hydrazone groups is 1. The minimum atomic E-state index is -0.746. The second-order valence-corrected chi connectivity index (χ2v) is 8.59. The summed E-state index contributed by atoms with van der Waals surface area (Å²) >= 11 is 12.0. The minimum absolute atomic E-state index is 0.116. The number of hydrogen-bond acceptors (Lipinski definition) is 6. The van der Waals surface area contributed by atoms with Crippen LogP contribution in [-0.2, 0) is 4.79 Å². The van der Waals surface area contributed by atoms with Crippen molar-refractivity contribution in [1.29, 1.82) is 0 Å². The molecule has 0 unspecified atom stereocenters. The standard InChI is InChI=1S/C27H18Cl2N4O5/c28-19-9-7-18(8-10-19)25-14-13-21(38-25)16-30-32-27(35)24(15-17-5-11-20(12-6-17)33(36)37)31-26(34)22-3-1-2-4-23(22)29/h1-16H,(H,31,34)(H,32,35)/b24-15+,30-16-. The van der Waals surface area contributed by atoms with E-state index in [1.165, 1.54) is 42.6 Å². The zero-order valence-electron chi connectivity index (χ0n) is 19.4. The van der Waals surface area contributed by atoms with Gasteiger partial charge in [0.25, 0.3) is 17.5 Å². The Labute approximate surface area is 226 Å². The molecule has 0 aliphatic carbocycles. The quantitative estimate of drug-likeness (QED) is 0.119. The first-order chi connectivity index (χ1) is 18.3. The number of benzene rings is 3. The molecule has 190 valence electrons. The summed E-state index contributed by atoms with van der Waals surface area (Å²) in [6.07, 6.45) is 2.66. The number of carbonyl (C=O) groups excluding carboxylic acids is 2. The number of rotatable bonds is 8. The van der Waals surface area contributed by atoms with Gasteiger partial charge in [0, 0.05) is 22.7 Å². The molecule has 0 atom stereocenters. The number of furan rings is 1. The molecule has 0 bridgehead atoms. The number of carbonyl (C=O) groups is 2. The predicted molar refractivity (Wildman–Crippen MR) is 145 cm³/mol. The van der Waals surface area contributed by atoms with Crippen LogP contribution in [0.4, 0.5) is 5.69 Å². The van der Waals surface area contributed by atoms with Crippen LogP contribution in [0.3, 0.4) is 0 Å². The fourth-order valence-corrected chi connectivity index (χ4v) is 3.61. The van der Waals surface area contributed by atoms with Gasteiger partial charge in [-0.05, 0) is 72.3 Å². The highest BCUT2D eigenvalue weighted by atomic mass is 35.5. The topological polar surface area (TPSA) is 127 Å². The molecule has 0 saturated carbocycles. The van der Waals surface area contributed by atoms with Crippen molar-refractivity contribution in [1.82, 2.24) is 10.7 Å². The van der Waals surface area contributed by atoms with Gasteiger partial charge in [0.2, 0.25) is 0 Å². The monoisotopic (exact) mass is 548 g/mol. The maximum absolute atomic E-state index is 12.9. The molecule has 0 saturated heterocycles. The van der Waals surface area contributed by atoms with Crippen molar-refractivity contribution in [3.63, 3.8) is 0 Å². The number of nitro benzene ring substituents is 1. The van der Waals surface area contributed by atoms with E-state index in [0.29, 0.717) is 22.1 Å². The lowest BCUT2D eigenvalue weighted by atomic mass is 10.1. The highest BCUT2D eigenvalue weighted by Crippen LogP contribution is 2.23. The zero-order valence-corrected chi connectivity index (χ0v) is 20.9. The van der Waals surface area contributed by atoms with Crippen LogP contribution in [0.15, 0.2) is 100 Å². The van der Waals surface area contributed by atoms with Gasteiger partial charge in [-0.2, -0.15) is 5.10 Å². The molecule has 1 heterocycles. The van der Waals surface area contributed by atoms with Crippen LogP contribution in [0, 0.1) is 10.1 Å². The van der Waals surface area contributed by atoms with Gasteiger partial charge in [-0.1, -0.05) is 35.3 Å². The summed E-state index contributed by atoms with van der Waals surface area (Å²) in [6.45, 7) is 0. The van der Waals surface area contributed by atoms with E-state index in [-0.39, 0.29) is 22.0 Å². The Kier molecular flexibility index (Phi) is 8.32. The Bertz CT molecular complexity index is 1540. The average Bonchev–Trinajstić information content (AvgIpc) is 3.38. The van der Waals surface area contributed by atoms with Gasteiger partial charge in [-0.15, -0.1) is 0 Å². The zero-order chi connectivity index (χ0) is 27.1. The molecule has 11 heteroatoms. The Balaban J connectivity index is 1.52. The molecule has 2 N–H and O–H groups in total. The number of non-ortho nitro benzene ring substituents is 1. The lowest BCUT2D eigenvalue weighted by molar-refractivity contribution is -0.384. The molecule has 38 heavy (non-hydrogen) atoms. The summed E-state index contributed by atoms with van der Waals surface area (Å²) in [5.74, 6) is -0.414. The van der Waals surface area contributed by atoms with Crippen LogP contribution >= 0.6 is 23.2 Å². The van der Waals surface area contributed by atoms with Crippen molar-refractivity contribution in [2.24, 2.45) is 5.10 Å². The van der Waals surface area contributed by atoms with Crippen LogP contribution in [0.25, 0.3) is 17.4 Å². The lowest BCUT2D eigenvalue weighted by Crippen LogP contribution is -2.33. The van der Waals surface area contributed by atoms with Gasteiger partial charge in [-0.3, -0.25) is 19.7 Å². The Morgan fingerprint density at radius 3 is 2.32 bits per heavy atom. The summed E-state index contributed by atoms with van der Waals surface area (Å²) in [7, 11) is 0. The molecule has 0 aliphatic heterocycles. The maximum Gasteiger partial charge on any atom is 0.287 e. The van der Waals surface area contributed by atoms with E-state index in [9.17, 15) is 19.7 Å². The van der Waals surface area contributed by atoms with Gasteiger partial charge in [0.05, 0.1) is 21.7 Å². The van der Waals surface area contributed by atoms with E-state index in [1.54, 1.807) is 54.6 Å². The Morgan fingerprint density at radius 1 is 0.921 bits per heavy atom. The van der Waals surface area contributed by atoms with Crippen LogP contribution in [-0.4, -0.2) is 23.0 Å². The number of nitrogens with one attached hydrogen (secondary N) is 2. The number of halogens is 2. The Morgan fingerprint density at radius 2 is 1.63 bits per heavy atom. The number of amides is 2. The number of hydrogen-bond donors (Lipinski definition) is 2. The SMILES string of the molecule is O=C(N/N=C\c1ccc(-c2ccc(Cl)cc2)o1)/C(=C\c1ccc([N+](=O)[O-])cc1)NC(=O)c1ccccc1Cl. The van der Waals surface area contributed by atoms with Crippen LogP contribution < -0.4 is 10.7 Å². The highest BCUT2D eigenvalue weighted by molar-refractivity contribution is 6.34. The van der Waals surface area contributed by atoms with Crippen molar-refractivity contribution in [3.8, 4) is 11.3 Å². The van der Waals surface area contributed by atoms with Gasteiger partial charge in [-0.25, -0.2) is 5.43 Å². The van der Waals surface area contributed by atoms with E-state index in [1.807, 2.05) is 0 Å². The van der Waals surface area contributed by atoms with E-state index in [0.717, 1.165) is 5.56 Å². The fraction of sp³-hybridized carbons (Fsp3) is 0. The third-order valence-electron chi connectivity index (χ3n) is 5.14. The summed E-state index contributed by atoms with van der Waals surface area (Å²) in [5.41, 5.74) is 3.46. The van der Waals surface area contributed by atoms with Gasteiger partial charge in [0.1, 0.15) is 17.2 Å². The molecule has 0 aliphatic rings. The van der Waals surface area contributed by atoms with Crippen LogP contribution in [0.2, 0.25) is 10.0 Å². The second kappa shape index (κ2) is 12.0. The smallest absolute Gasteiger partial charge is 0.287 e. The fourth-order valence-electron chi connectivity index (χ4n) is 3.26. The number of nitrogens with zero attached hydrogens (tertiary/aromatic N) is 2. The first-order valence-electron chi connectivity index (χ1n) is 11.0. The van der Waals surface area contributed by atoms with Gasteiger partial charge < -0.3 is 9.73 Å². The van der Waals surface area contributed by atoms with Crippen LogP contribution in [0.5, 0.6) is 0 Å². The largest absolute Gasteiger partial charge is 0.455 e. The molecule has 3 aromatic carbocycles. The molecule has 4 rings (SSSR count). The normalized spacial score (nSPS) is 11.4. The molecule has 0 fully saturated rings. The summed E-state index contributed by atoms with van der Waals surface area (Å²) in [4.78, 5) is 36.1. The summed E-state index contributed by atoms with van der Waals surface area (Å²) < 4.78 is 5.72. The average molecular weight is 549 g/mol. The lowest BCUT2D eigenvalue weighted by Gasteiger charge is -2.10. The number of nitro groups is 1. The van der Waals surface area contributed by atoms with E-state index >= 15 is 0 Å². The first kappa shape index (κ1) is 26.3. The van der Waals surface area contributed by atoms with Gasteiger partial charge >= 0.3 is 0 Å². The van der Waals surface area contributed by atoms with Crippen molar-refractivity contribution in [2.75, 3.05) is 0 Å². The predicted octanol–water partition coefficient (Wildman–Crippen LogP) is 6.08. The van der Waals surface area contributed by atoms with Crippen molar-refractivity contribution >= 4 is 53.0 Å². The second-order valence-electron chi connectivity index (χ2n) is 7.75. The molecule has 4 aromatic rings. The van der Waals surface area contributed by atoms with E-state index in [2.05, 4.69) is 15.8 Å². The van der Waals surface area contributed by atoms with E-state index in [4.69, 9.17) is 27.6 Å². The Hall–Kier alpha value is -4.73. The van der Waals surface area contributed by atoms with Crippen LogP contribution in [0.1, 0.15) is 21.7 Å². The molecule has 0 radical (unpaired) electrons. The van der Waals surface area contributed by atoms with Crippen molar-refractivity contribution in [2.45, 2.75) is 0 Å². The summed E-state index contributed by atoms with van der Waals surface area (Å²) in [5, 5.41) is 18.2. The third kappa shape index (κ3) is 6.73. The molecule has 2 amide bonds. The first-order valence-corrected chi connectivity index (χ1v) is 11.8. The van der Waals surface area contributed by atoms with E-state index < -0.39 is 16.7 Å². The van der Waals surface area contributed by atoms with Crippen molar-refractivity contribution < 1.29 is 18.9 Å². The molecular formula is C27H18Cl2N4O5. The van der Waals surface area contributed by atoms with Gasteiger partial charge in [0.15, 0.2) is 0 Å². The third-order valence-corrected chi connectivity index (χ3v) is 5.72. The highest BCUT2D eigenvalue weighted by Gasteiger charge is 2.17.